The Kier molecular flexibility index (Phi) is 4.68. The highest BCUT2D eigenvalue weighted by Crippen LogP contribution is 2.34. The summed E-state index contributed by atoms with van der Waals surface area (Å²) in [5, 5.41) is 9.84. The summed E-state index contributed by atoms with van der Waals surface area (Å²) in [6.07, 6.45) is 0. The Morgan fingerprint density at radius 2 is 1.38 bits per heavy atom. The molecular weight excluding hydrogens is 211 g/mol. The van der Waals surface area contributed by atoms with Crippen LogP contribution in [-0.2, 0) is 10.8 Å². The molecule has 0 spiro atoms. The Morgan fingerprint density at radius 3 is 1.75 bits per heavy atom. The van der Waals surface area contributed by atoms with E-state index in [2.05, 4.69) is 47.6 Å². The maximum atomic E-state index is 9.84. The third-order valence-corrected chi connectivity index (χ3v) is 2.67. The van der Waals surface area contributed by atoms with Crippen molar-refractivity contribution in [2.75, 3.05) is 0 Å². The Bertz CT molecular complexity index is 356. The molecule has 1 rings (SSSR count). The predicted octanol–water partition coefficient (Wildman–Crippen LogP) is 2.80. The van der Waals surface area contributed by atoms with Gasteiger partial charge in [0.15, 0.2) is 17.4 Å². The van der Waals surface area contributed by atoms with Crippen molar-refractivity contribution in [3.05, 3.63) is 29.3 Å². The van der Waals surface area contributed by atoms with Crippen molar-refractivity contribution < 1.29 is 5.11 Å². The van der Waals surface area contributed by atoms with E-state index in [1.54, 1.807) is 6.07 Å². The van der Waals surface area contributed by atoms with E-state index in [0.717, 1.165) is 5.56 Å². The van der Waals surface area contributed by atoms with Crippen LogP contribution in [0.25, 0.3) is 0 Å². The largest absolute Gasteiger partial charge is 0.508 e. The zero-order chi connectivity index (χ0) is 11.9. The lowest BCUT2D eigenvalue weighted by molar-refractivity contribution is 0.444. The molecule has 0 saturated heterocycles. The summed E-state index contributed by atoms with van der Waals surface area (Å²) in [5.74, 6) is 0.399. The number of hydrogen-bond donors (Lipinski definition) is 1. The van der Waals surface area contributed by atoms with Gasteiger partial charge in [-0.2, -0.15) is 0 Å². The van der Waals surface area contributed by atoms with Gasteiger partial charge in [-0.15, -0.1) is 0 Å². The molecule has 0 aromatic heterocycles. The van der Waals surface area contributed by atoms with E-state index >= 15 is 0 Å². The molecule has 90 valence electrons. The van der Waals surface area contributed by atoms with Crippen molar-refractivity contribution in [2.45, 2.75) is 52.4 Å². The van der Waals surface area contributed by atoms with Gasteiger partial charge in [0.25, 0.3) is 0 Å². The molecular formula is C14H25AlO. The lowest BCUT2D eigenvalue weighted by atomic mass is 9.80. The second-order valence-corrected chi connectivity index (χ2v) is 6.23. The van der Waals surface area contributed by atoms with Gasteiger partial charge in [0.2, 0.25) is 0 Å². The lowest BCUT2D eigenvalue weighted by Gasteiger charge is -2.25. The van der Waals surface area contributed by atoms with Crippen molar-refractivity contribution in [1.29, 1.82) is 0 Å². The maximum Gasteiger partial charge on any atom is 0.187 e. The first-order valence-corrected chi connectivity index (χ1v) is 5.46. The van der Waals surface area contributed by atoms with Gasteiger partial charge in [-0.25, -0.2) is 0 Å². The molecule has 0 saturated carbocycles. The van der Waals surface area contributed by atoms with Crippen LogP contribution in [0.3, 0.4) is 0 Å². The molecule has 0 aliphatic heterocycles. The lowest BCUT2D eigenvalue weighted by Crippen LogP contribution is -2.16. The van der Waals surface area contributed by atoms with Crippen molar-refractivity contribution in [3.63, 3.8) is 0 Å². The van der Waals surface area contributed by atoms with Crippen molar-refractivity contribution in [2.24, 2.45) is 0 Å². The summed E-state index contributed by atoms with van der Waals surface area (Å²) in [6.45, 7) is 12.9. The smallest absolute Gasteiger partial charge is 0.187 e. The quantitative estimate of drug-likeness (QED) is 0.687. The van der Waals surface area contributed by atoms with Gasteiger partial charge in [-0.1, -0.05) is 53.7 Å². The normalized spacial score (nSPS) is 12.1. The third kappa shape index (κ3) is 3.54. The molecule has 0 aliphatic rings. The maximum absolute atomic E-state index is 9.84. The number of phenolic OH excluding ortho intramolecular Hbond substituents is 1. The summed E-state index contributed by atoms with van der Waals surface area (Å²) in [5.41, 5.74) is 2.42. The second kappa shape index (κ2) is 4.82. The number of benzene rings is 1. The monoisotopic (exact) mass is 236 g/mol. The average molecular weight is 236 g/mol. The van der Waals surface area contributed by atoms with Crippen LogP contribution in [0.1, 0.15) is 52.7 Å². The molecule has 16 heavy (non-hydrogen) atoms. The number of phenols is 1. The van der Waals surface area contributed by atoms with Crippen LogP contribution in [-0.4, -0.2) is 22.5 Å². The van der Waals surface area contributed by atoms with Crippen LogP contribution in [0.15, 0.2) is 18.2 Å². The Hall–Kier alpha value is -0.448. The molecule has 0 amide bonds. The van der Waals surface area contributed by atoms with Crippen LogP contribution in [0, 0.1) is 0 Å². The van der Waals surface area contributed by atoms with E-state index in [0.29, 0.717) is 5.75 Å². The van der Waals surface area contributed by atoms with Gasteiger partial charge in [0.05, 0.1) is 0 Å². The Labute approximate surface area is 110 Å². The first-order valence-electron chi connectivity index (χ1n) is 5.46. The number of rotatable bonds is 0. The highest BCUT2D eigenvalue weighted by molar-refractivity contribution is 5.75. The molecule has 0 radical (unpaired) electrons. The van der Waals surface area contributed by atoms with Gasteiger partial charge < -0.3 is 5.11 Å². The topological polar surface area (TPSA) is 20.2 Å². The fourth-order valence-corrected chi connectivity index (χ4v) is 1.60. The summed E-state index contributed by atoms with van der Waals surface area (Å²) in [4.78, 5) is 0. The molecule has 0 heterocycles. The van der Waals surface area contributed by atoms with Gasteiger partial charge in [-0.3, -0.25) is 0 Å². The molecule has 1 aromatic rings. The minimum atomic E-state index is -0.00859. The molecule has 2 heteroatoms. The highest BCUT2D eigenvalue weighted by atomic mass is 27.0. The van der Waals surface area contributed by atoms with E-state index < -0.39 is 0 Å². The first-order chi connectivity index (χ1) is 6.62. The zero-order valence-corrected chi connectivity index (χ0v) is 10.7. The van der Waals surface area contributed by atoms with Crippen molar-refractivity contribution in [3.8, 4) is 5.75 Å². The van der Waals surface area contributed by atoms with Gasteiger partial charge in [0, 0.05) is 0 Å². The second-order valence-electron chi connectivity index (χ2n) is 6.23. The molecule has 1 N–H and O–H groups in total. The molecule has 0 fully saturated rings. The van der Waals surface area contributed by atoms with Gasteiger partial charge in [0.1, 0.15) is 5.75 Å². The fraction of sp³-hybridized carbons (Fsp3) is 0.571. The first kappa shape index (κ1) is 15.6. The van der Waals surface area contributed by atoms with Crippen LogP contribution in [0.2, 0.25) is 0 Å². The van der Waals surface area contributed by atoms with Gasteiger partial charge >= 0.3 is 0 Å². The zero-order valence-electron chi connectivity index (χ0n) is 10.7. The summed E-state index contributed by atoms with van der Waals surface area (Å²) in [7, 11) is 0. The van der Waals surface area contributed by atoms with Crippen molar-refractivity contribution >= 4 is 17.4 Å². The minimum absolute atomic E-state index is 0. The summed E-state index contributed by atoms with van der Waals surface area (Å²) >= 11 is 0. The summed E-state index contributed by atoms with van der Waals surface area (Å²) in [6, 6.07) is 5.93. The fourth-order valence-electron chi connectivity index (χ4n) is 1.60. The van der Waals surface area contributed by atoms with Gasteiger partial charge in [-0.05, 0) is 28.0 Å². The Morgan fingerprint density at radius 1 is 0.875 bits per heavy atom. The number of hydrogen-bond acceptors (Lipinski definition) is 1. The van der Waals surface area contributed by atoms with E-state index in [9.17, 15) is 5.11 Å². The predicted molar refractivity (Wildman–Crippen MR) is 75.4 cm³/mol. The van der Waals surface area contributed by atoms with Crippen LogP contribution in [0.4, 0.5) is 0 Å². The molecule has 0 aliphatic carbocycles. The standard InChI is InChI=1S/C14H22O.Al.3H/c1-13(2,3)10-7-8-12(15)11(9-10)14(4,5)6;;;;/h7-9,15H,1-6H3;;;;. The molecule has 1 nitrogen and oxygen atoms in total. The van der Waals surface area contributed by atoms with E-state index in [-0.39, 0.29) is 28.2 Å². The molecule has 0 atom stereocenters. The third-order valence-electron chi connectivity index (χ3n) is 2.67. The van der Waals surface area contributed by atoms with Crippen LogP contribution in [0.5, 0.6) is 5.75 Å². The van der Waals surface area contributed by atoms with Crippen LogP contribution >= 0.6 is 0 Å². The molecule has 0 unspecified atom stereocenters. The van der Waals surface area contributed by atoms with E-state index in [1.165, 1.54) is 5.56 Å². The summed E-state index contributed by atoms with van der Waals surface area (Å²) < 4.78 is 0. The Balaban J connectivity index is 0.00000225. The number of aromatic hydroxyl groups is 1. The highest BCUT2D eigenvalue weighted by Gasteiger charge is 2.21. The SMILES string of the molecule is CC(C)(C)c1ccc(O)c(C(C)(C)C)c1.[AlH3]. The van der Waals surface area contributed by atoms with Crippen LogP contribution < -0.4 is 0 Å². The van der Waals surface area contributed by atoms with E-state index in [4.69, 9.17) is 0 Å². The van der Waals surface area contributed by atoms with Crippen molar-refractivity contribution in [1.82, 2.24) is 0 Å². The molecule has 1 aromatic carbocycles. The van der Waals surface area contributed by atoms with E-state index in [1.807, 2.05) is 6.07 Å². The average Bonchev–Trinajstić information content (AvgIpc) is 2.00. The molecule has 0 bridgehead atoms. The minimum Gasteiger partial charge on any atom is -0.508 e.